The Balaban J connectivity index is 2.54. The summed E-state index contributed by atoms with van der Waals surface area (Å²) in [5.74, 6) is 0. The number of hydrogen-bond donors (Lipinski definition) is 0. The van der Waals surface area contributed by atoms with E-state index in [1.165, 1.54) is 11.1 Å². The van der Waals surface area contributed by atoms with Gasteiger partial charge in [0.15, 0.2) is 0 Å². The van der Waals surface area contributed by atoms with Crippen LogP contribution < -0.4 is 0 Å². The van der Waals surface area contributed by atoms with Gasteiger partial charge in [0.25, 0.3) is 0 Å². The zero-order valence-electron chi connectivity index (χ0n) is 8.66. The second kappa shape index (κ2) is 4.11. The molecule has 0 aliphatic heterocycles. The van der Waals surface area contributed by atoms with E-state index in [1.807, 2.05) is 37.4 Å². The van der Waals surface area contributed by atoms with E-state index in [4.69, 9.17) is 0 Å². The van der Waals surface area contributed by atoms with Gasteiger partial charge in [0.05, 0.1) is 11.4 Å². The lowest BCUT2D eigenvalue weighted by atomic mass is 10.1. The van der Waals surface area contributed by atoms with E-state index in [-0.39, 0.29) is 0 Å². The van der Waals surface area contributed by atoms with E-state index in [0.717, 1.165) is 16.0 Å². The molecular weight excluding hydrogens is 252 g/mol. The van der Waals surface area contributed by atoms with Crippen LogP contribution in [0.4, 0.5) is 0 Å². The Morgan fingerprint density at radius 1 is 1.00 bits per heavy atom. The molecule has 0 saturated carbocycles. The van der Waals surface area contributed by atoms with Crippen molar-refractivity contribution < 1.29 is 0 Å². The molecule has 0 amide bonds. The number of aryl methyl sites for hydroxylation is 2. The van der Waals surface area contributed by atoms with E-state index >= 15 is 0 Å². The maximum absolute atomic E-state index is 4.40. The lowest BCUT2D eigenvalue weighted by molar-refractivity contribution is 1.19. The monoisotopic (exact) mass is 262 g/mol. The molecule has 15 heavy (non-hydrogen) atoms. The maximum Gasteiger partial charge on any atom is 0.107 e. The molecule has 2 rings (SSSR count). The predicted molar refractivity (Wildman–Crippen MR) is 64.6 cm³/mol. The zero-order chi connectivity index (χ0) is 10.8. The number of aromatic nitrogens is 2. The Bertz CT molecular complexity index is 474. The van der Waals surface area contributed by atoms with E-state index in [1.54, 1.807) is 0 Å². The summed E-state index contributed by atoms with van der Waals surface area (Å²) in [4.78, 5) is 8.71. The van der Waals surface area contributed by atoms with Gasteiger partial charge >= 0.3 is 0 Å². The van der Waals surface area contributed by atoms with Crippen LogP contribution in [-0.4, -0.2) is 9.97 Å². The van der Waals surface area contributed by atoms with Crippen LogP contribution >= 0.6 is 15.9 Å². The molecule has 0 aromatic carbocycles. The number of halogens is 1. The van der Waals surface area contributed by atoms with Crippen molar-refractivity contribution in [2.45, 2.75) is 13.8 Å². The summed E-state index contributed by atoms with van der Waals surface area (Å²) >= 11 is 3.39. The Hall–Kier alpha value is -1.22. The highest BCUT2D eigenvalue weighted by Crippen LogP contribution is 2.19. The summed E-state index contributed by atoms with van der Waals surface area (Å²) in [6.45, 7) is 4.10. The summed E-state index contributed by atoms with van der Waals surface area (Å²) < 4.78 is 0.848. The van der Waals surface area contributed by atoms with E-state index in [2.05, 4.69) is 32.8 Å². The maximum atomic E-state index is 4.40. The fourth-order valence-corrected chi connectivity index (χ4v) is 1.98. The third kappa shape index (κ3) is 2.42. The van der Waals surface area contributed by atoms with Crippen LogP contribution in [0, 0.1) is 13.8 Å². The SMILES string of the molecule is Cc1ccnc(-c2cc(C)cc(Br)n2)c1. The smallest absolute Gasteiger partial charge is 0.107 e. The first-order valence-corrected chi connectivity index (χ1v) is 5.52. The molecule has 0 atom stereocenters. The van der Waals surface area contributed by atoms with Crippen LogP contribution in [0.2, 0.25) is 0 Å². The van der Waals surface area contributed by atoms with Crippen molar-refractivity contribution in [2.75, 3.05) is 0 Å². The minimum atomic E-state index is 0.848. The van der Waals surface area contributed by atoms with Gasteiger partial charge < -0.3 is 0 Å². The molecule has 2 aromatic heterocycles. The molecule has 0 unspecified atom stereocenters. The van der Waals surface area contributed by atoms with Gasteiger partial charge in [0.2, 0.25) is 0 Å². The normalized spacial score (nSPS) is 10.3. The highest BCUT2D eigenvalue weighted by atomic mass is 79.9. The third-order valence-electron chi connectivity index (χ3n) is 2.12. The summed E-state index contributed by atoms with van der Waals surface area (Å²) in [7, 11) is 0. The molecule has 76 valence electrons. The average molecular weight is 263 g/mol. The molecule has 0 radical (unpaired) electrons. The van der Waals surface area contributed by atoms with Gasteiger partial charge in [0, 0.05) is 6.20 Å². The fraction of sp³-hybridized carbons (Fsp3) is 0.167. The molecule has 0 aliphatic rings. The van der Waals surface area contributed by atoms with Crippen molar-refractivity contribution in [2.24, 2.45) is 0 Å². The quantitative estimate of drug-likeness (QED) is 0.735. The standard InChI is InChI=1S/C12H11BrN2/c1-8-3-4-14-10(5-8)11-6-9(2)7-12(13)15-11/h3-7H,1-2H3. The van der Waals surface area contributed by atoms with Crippen LogP contribution in [0.3, 0.4) is 0 Å². The summed E-state index contributed by atoms with van der Waals surface area (Å²) in [6.07, 6.45) is 1.81. The van der Waals surface area contributed by atoms with Gasteiger partial charge in [-0.3, -0.25) is 4.98 Å². The zero-order valence-corrected chi connectivity index (χ0v) is 10.2. The second-order valence-corrected chi connectivity index (χ2v) is 4.38. The predicted octanol–water partition coefficient (Wildman–Crippen LogP) is 3.52. The third-order valence-corrected chi connectivity index (χ3v) is 2.52. The molecule has 0 spiro atoms. The lowest BCUT2D eigenvalue weighted by Crippen LogP contribution is -1.89. The molecule has 0 N–H and O–H groups in total. The van der Waals surface area contributed by atoms with Gasteiger partial charge in [-0.25, -0.2) is 4.98 Å². The van der Waals surface area contributed by atoms with Crippen molar-refractivity contribution in [3.05, 3.63) is 46.2 Å². The molecule has 2 nitrogen and oxygen atoms in total. The van der Waals surface area contributed by atoms with Gasteiger partial charge in [-0.05, 0) is 65.2 Å². The van der Waals surface area contributed by atoms with Crippen LogP contribution in [0.25, 0.3) is 11.4 Å². The highest BCUT2D eigenvalue weighted by molar-refractivity contribution is 9.10. The van der Waals surface area contributed by atoms with Crippen molar-refractivity contribution in [1.29, 1.82) is 0 Å². The van der Waals surface area contributed by atoms with Crippen molar-refractivity contribution in [1.82, 2.24) is 9.97 Å². The summed E-state index contributed by atoms with van der Waals surface area (Å²) in [6, 6.07) is 8.04. The van der Waals surface area contributed by atoms with Crippen molar-refractivity contribution in [3.63, 3.8) is 0 Å². The van der Waals surface area contributed by atoms with Crippen LogP contribution in [-0.2, 0) is 0 Å². The van der Waals surface area contributed by atoms with Gasteiger partial charge in [0.1, 0.15) is 4.60 Å². The largest absolute Gasteiger partial charge is 0.255 e. The van der Waals surface area contributed by atoms with Crippen LogP contribution in [0.5, 0.6) is 0 Å². The first-order chi connectivity index (χ1) is 7.15. The van der Waals surface area contributed by atoms with Gasteiger partial charge in [-0.1, -0.05) is 0 Å². The molecule has 2 heterocycles. The second-order valence-electron chi connectivity index (χ2n) is 3.57. The molecule has 0 aliphatic carbocycles. The molecule has 2 aromatic rings. The minimum absolute atomic E-state index is 0.848. The number of nitrogens with zero attached hydrogens (tertiary/aromatic N) is 2. The fourth-order valence-electron chi connectivity index (χ4n) is 1.43. The van der Waals surface area contributed by atoms with Gasteiger partial charge in [-0.15, -0.1) is 0 Å². The molecule has 0 bridgehead atoms. The first kappa shape index (κ1) is 10.3. The topological polar surface area (TPSA) is 25.8 Å². The first-order valence-electron chi connectivity index (χ1n) is 4.72. The van der Waals surface area contributed by atoms with E-state index in [9.17, 15) is 0 Å². The Labute approximate surface area is 97.5 Å². The van der Waals surface area contributed by atoms with Crippen LogP contribution in [0.15, 0.2) is 35.1 Å². The summed E-state index contributed by atoms with van der Waals surface area (Å²) in [5.41, 5.74) is 4.19. The Morgan fingerprint density at radius 2 is 1.73 bits per heavy atom. The lowest BCUT2D eigenvalue weighted by Gasteiger charge is -2.03. The molecule has 3 heteroatoms. The Kier molecular flexibility index (Phi) is 2.82. The minimum Gasteiger partial charge on any atom is -0.255 e. The van der Waals surface area contributed by atoms with E-state index < -0.39 is 0 Å². The molecule has 0 fully saturated rings. The Morgan fingerprint density at radius 3 is 2.40 bits per heavy atom. The van der Waals surface area contributed by atoms with Crippen molar-refractivity contribution in [3.8, 4) is 11.4 Å². The molecular formula is C12H11BrN2. The highest BCUT2D eigenvalue weighted by Gasteiger charge is 2.03. The number of hydrogen-bond acceptors (Lipinski definition) is 2. The van der Waals surface area contributed by atoms with Crippen molar-refractivity contribution >= 4 is 15.9 Å². The average Bonchev–Trinajstić information content (AvgIpc) is 2.16. The van der Waals surface area contributed by atoms with Gasteiger partial charge in [-0.2, -0.15) is 0 Å². The molecule has 0 saturated heterocycles. The number of rotatable bonds is 1. The number of pyridine rings is 2. The van der Waals surface area contributed by atoms with Crippen LogP contribution in [0.1, 0.15) is 11.1 Å². The van der Waals surface area contributed by atoms with E-state index in [0.29, 0.717) is 0 Å². The summed E-state index contributed by atoms with van der Waals surface area (Å²) in [5, 5.41) is 0.